The second-order valence-electron chi connectivity index (χ2n) is 6.07. The van der Waals surface area contributed by atoms with Crippen LogP contribution in [0.1, 0.15) is 18.4 Å². The zero-order chi connectivity index (χ0) is 14.8. The number of aliphatic hydroxyl groups excluding tert-OH is 1. The molecule has 3 rings (SSSR count). The summed E-state index contributed by atoms with van der Waals surface area (Å²) in [7, 11) is 1.55. The van der Waals surface area contributed by atoms with Crippen molar-refractivity contribution in [2.75, 3.05) is 33.3 Å². The van der Waals surface area contributed by atoms with E-state index in [-0.39, 0.29) is 11.9 Å². The van der Waals surface area contributed by atoms with Crippen molar-refractivity contribution in [1.82, 2.24) is 9.80 Å². The van der Waals surface area contributed by atoms with Gasteiger partial charge in [-0.2, -0.15) is 0 Å². The first kappa shape index (κ1) is 14.8. The van der Waals surface area contributed by atoms with Crippen LogP contribution in [0.2, 0.25) is 0 Å². The van der Waals surface area contributed by atoms with E-state index in [1.807, 2.05) is 12.1 Å². The summed E-state index contributed by atoms with van der Waals surface area (Å²) in [5.74, 6) is 0.369. The van der Waals surface area contributed by atoms with Crippen molar-refractivity contribution in [3.8, 4) is 5.75 Å². The summed E-state index contributed by atoms with van der Waals surface area (Å²) in [5, 5.41) is 9.37. The quantitative estimate of drug-likeness (QED) is 0.912. The highest BCUT2D eigenvalue weighted by Gasteiger charge is 2.32. The molecule has 1 aromatic rings. The number of benzene rings is 1. The van der Waals surface area contributed by atoms with E-state index in [1.165, 1.54) is 6.07 Å². The molecular weight excluding hydrogens is 271 g/mol. The summed E-state index contributed by atoms with van der Waals surface area (Å²) < 4.78 is 19.0. The number of hydrogen-bond acceptors (Lipinski definition) is 4. The van der Waals surface area contributed by atoms with Gasteiger partial charge in [0.2, 0.25) is 0 Å². The smallest absolute Gasteiger partial charge is 0.131 e. The Bertz CT molecular complexity index is 483. The number of halogens is 1. The zero-order valence-corrected chi connectivity index (χ0v) is 12.5. The Hall–Kier alpha value is -1.17. The summed E-state index contributed by atoms with van der Waals surface area (Å²) >= 11 is 0. The summed E-state index contributed by atoms with van der Waals surface area (Å²) in [4.78, 5) is 4.66. The first-order valence-corrected chi connectivity index (χ1v) is 7.62. The van der Waals surface area contributed by atoms with Crippen LogP contribution in [-0.2, 0) is 6.54 Å². The molecule has 0 bridgehead atoms. The molecular formula is C16H23FN2O2. The molecule has 0 spiro atoms. The van der Waals surface area contributed by atoms with Gasteiger partial charge in [-0.3, -0.25) is 9.80 Å². The maximum absolute atomic E-state index is 14.0. The highest BCUT2D eigenvalue weighted by Crippen LogP contribution is 2.24. The molecule has 2 heterocycles. The van der Waals surface area contributed by atoms with E-state index in [0.29, 0.717) is 18.3 Å². The van der Waals surface area contributed by atoms with Gasteiger partial charge < -0.3 is 9.84 Å². The van der Waals surface area contributed by atoms with Crippen LogP contribution in [-0.4, -0.2) is 60.3 Å². The number of methoxy groups -OCH3 is 1. The zero-order valence-electron chi connectivity index (χ0n) is 12.5. The highest BCUT2D eigenvalue weighted by atomic mass is 19.1. The van der Waals surface area contributed by atoms with Crippen molar-refractivity contribution >= 4 is 0 Å². The van der Waals surface area contributed by atoms with E-state index >= 15 is 0 Å². The van der Waals surface area contributed by atoms with Crippen LogP contribution in [0.4, 0.5) is 4.39 Å². The fraction of sp³-hybridized carbons (Fsp3) is 0.625. The molecule has 2 aliphatic rings. The lowest BCUT2D eigenvalue weighted by Gasteiger charge is -2.45. The Balaban J connectivity index is 1.51. The molecule has 4 nitrogen and oxygen atoms in total. The number of ether oxygens (including phenoxy) is 1. The third-order valence-electron chi connectivity index (χ3n) is 4.62. The summed E-state index contributed by atoms with van der Waals surface area (Å²) in [6.07, 6.45) is 2.08. The van der Waals surface area contributed by atoms with Crippen LogP contribution in [0, 0.1) is 5.82 Å². The van der Waals surface area contributed by atoms with Gasteiger partial charge in [-0.1, -0.05) is 6.07 Å². The average molecular weight is 294 g/mol. The number of hydrogen-bond donors (Lipinski definition) is 1. The molecule has 1 aromatic carbocycles. The highest BCUT2D eigenvalue weighted by molar-refractivity contribution is 5.28. The number of nitrogens with zero attached hydrogens (tertiary/aromatic N) is 2. The Morgan fingerprint density at radius 3 is 2.57 bits per heavy atom. The molecule has 5 heteroatoms. The van der Waals surface area contributed by atoms with E-state index in [0.717, 1.165) is 44.6 Å². The molecule has 21 heavy (non-hydrogen) atoms. The molecule has 2 saturated heterocycles. The summed E-state index contributed by atoms with van der Waals surface area (Å²) in [6, 6.07) is 5.66. The van der Waals surface area contributed by atoms with Crippen molar-refractivity contribution in [3.63, 3.8) is 0 Å². The standard InChI is InChI=1S/C16H23FN2O2/c1-21-15-3-2-12(16(17)8-15)9-18-6-4-13(5-7-18)19-10-14(20)11-19/h2-3,8,13-14,20H,4-7,9-11H2,1H3. The van der Waals surface area contributed by atoms with Gasteiger partial charge in [0.25, 0.3) is 0 Å². The third-order valence-corrected chi connectivity index (χ3v) is 4.62. The van der Waals surface area contributed by atoms with E-state index in [4.69, 9.17) is 4.74 Å². The topological polar surface area (TPSA) is 35.9 Å². The van der Waals surface area contributed by atoms with Crippen LogP contribution >= 0.6 is 0 Å². The number of piperidine rings is 1. The van der Waals surface area contributed by atoms with Gasteiger partial charge in [-0.25, -0.2) is 4.39 Å². The molecule has 0 aromatic heterocycles. The van der Waals surface area contributed by atoms with Gasteiger partial charge in [0, 0.05) is 37.3 Å². The van der Waals surface area contributed by atoms with Crippen LogP contribution in [0.25, 0.3) is 0 Å². The van der Waals surface area contributed by atoms with Gasteiger partial charge in [0.1, 0.15) is 11.6 Å². The lowest BCUT2D eigenvalue weighted by atomic mass is 9.98. The molecule has 0 unspecified atom stereocenters. The molecule has 2 aliphatic heterocycles. The second-order valence-corrected chi connectivity index (χ2v) is 6.07. The van der Waals surface area contributed by atoms with E-state index in [2.05, 4.69) is 9.80 Å². The maximum atomic E-state index is 14.0. The van der Waals surface area contributed by atoms with Crippen molar-refractivity contribution in [3.05, 3.63) is 29.6 Å². The van der Waals surface area contributed by atoms with Crippen molar-refractivity contribution in [1.29, 1.82) is 0 Å². The number of aliphatic hydroxyl groups is 1. The van der Waals surface area contributed by atoms with Crippen LogP contribution in [0.3, 0.4) is 0 Å². The minimum atomic E-state index is -0.192. The van der Waals surface area contributed by atoms with Crippen LogP contribution in [0.5, 0.6) is 5.75 Å². The fourth-order valence-corrected chi connectivity index (χ4v) is 3.25. The Labute approximate surface area is 125 Å². The van der Waals surface area contributed by atoms with E-state index in [1.54, 1.807) is 7.11 Å². The lowest BCUT2D eigenvalue weighted by Crippen LogP contribution is -2.57. The maximum Gasteiger partial charge on any atom is 0.131 e. The number of likely N-dealkylation sites (tertiary alicyclic amines) is 2. The first-order valence-electron chi connectivity index (χ1n) is 7.62. The lowest BCUT2D eigenvalue weighted by molar-refractivity contribution is -0.0402. The van der Waals surface area contributed by atoms with Gasteiger partial charge in [0.05, 0.1) is 13.2 Å². The van der Waals surface area contributed by atoms with Gasteiger partial charge >= 0.3 is 0 Å². The van der Waals surface area contributed by atoms with Crippen molar-refractivity contribution in [2.24, 2.45) is 0 Å². The van der Waals surface area contributed by atoms with Gasteiger partial charge in [0.15, 0.2) is 0 Å². The molecule has 0 atom stereocenters. The minimum absolute atomic E-state index is 0.128. The van der Waals surface area contributed by atoms with Crippen LogP contribution in [0.15, 0.2) is 18.2 Å². The number of rotatable bonds is 4. The average Bonchev–Trinajstić information content (AvgIpc) is 2.47. The molecule has 2 fully saturated rings. The summed E-state index contributed by atoms with van der Waals surface area (Å²) in [6.45, 7) is 4.27. The van der Waals surface area contributed by atoms with Gasteiger partial charge in [-0.15, -0.1) is 0 Å². The monoisotopic (exact) mass is 294 g/mol. The Morgan fingerprint density at radius 2 is 2.00 bits per heavy atom. The molecule has 0 saturated carbocycles. The van der Waals surface area contributed by atoms with Crippen molar-refractivity contribution < 1.29 is 14.2 Å². The molecule has 0 amide bonds. The predicted molar refractivity (Wildman–Crippen MR) is 78.8 cm³/mol. The molecule has 1 N–H and O–H groups in total. The normalized spacial score (nSPS) is 22.2. The predicted octanol–water partition coefficient (Wildman–Crippen LogP) is 1.48. The van der Waals surface area contributed by atoms with E-state index < -0.39 is 0 Å². The molecule has 0 radical (unpaired) electrons. The largest absolute Gasteiger partial charge is 0.497 e. The second kappa shape index (κ2) is 6.30. The Kier molecular flexibility index (Phi) is 4.42. The van der Waals surface area contributed by atoms with Crippen LogP contribution < -0.4 is 4.74 Å². The van der Waals surface area contributed by atoms with Gasteiger partial charge in [-0.05, 0) is 32.0 Å². The van der Waals surface area contributed by atoms with E-state index in [9.17, 15) is 9.50 Å². The third kappa shape index (κ3) is 3.36. The fourth-order valence-electron chi connectivity index (χ4n) is 3.25. The minimum Gasteiger partial charge on any atom is -0.497 e. The van der Waals surface area contributed by atoms with Crippen molar-refractivity contribution in [2.45, 2.75) is 31.5 Å². The molecule has 116 valence electrons. The SMILES string of the molecule is COc1ccc(CN2CCC(N3CC(O)C3)CC2)c(F)c1. The first-order chi connectivity index (χ1) is 10.2. The molecule has 0 aliphatic carbocycles. The summed E-state index contributed by atoms with van der Waals surface area (Å²) in [5.41, 5.74) is 0.730. The number of β-amino-alcohol motifs (C(OH)–C–C–N with tert-alkyl or cyclic N) is 1. The Morgan fingerprint density at radius 1 is 1.29 bits per heavy atom.